The third-order valence-electron chi connectivity index (χ3n) is 2.30. The second-order valence-corrected chi connectivity index (χ2v) is 8.25. The van der Waals surface area contributed by atoms with Gasteiger partial charge in [0.05, 0.1) is 0 Å². The monoisotopic (exact) mass is 279 g/mol. The van der Waals surface area contributed by atoms with Gasteiger partial charge < -0.3 is 0 Å². The molecule has 88 valence electrons. The number of thiophene rings is 1. The Bertz CT molecular complexity index is 679. The minimum absolute atomic E-state index is 0.0650. The number of fused-ring (bicyclic) bond motifs is 1. The molecule has 1 aliphatic heterocycles. The fraction of sp³-hybridized carbons (Fsp3) is 0.250. The van der Waals surface area contributed by atoms with Crippen molar-refractivity contribution in [2.75, 3.05) is 0 Å². The molecule has 2 N–H and O–H groups in total. The fourth-order valence-electron chi connectivity index (χ4n) is 1.59. The zero-order chi connectivity index (χ0) is 12.1. The van der Waals surface area contributed by atoms with Gasteiger partial charge in [-0.3, -0.25) is 0 Å². The third kappa shape index (κ3) is 1.71. The highest BCUT2D eigenvalue weighted by Crippen LogP contribution is 2.37. The Morgan fingerprint density at radius 1 is 1.44 bits per heavy atom. The van der Waals surface area contributed by atoms with Crippen molar-refractivity contribution in [3.05, 3.63) is 22.6 Å². The van der Waals surface area contributed by atoms with E-state index in [2.05, 4.69) is 0 Å². The molecule has 0 atom stereocenters. The van der Waals surface area contributed by atoms with Gasteiger partial charge in [-0.25, -0.2) is 22.0 Å². The summed E-state index contributed by atoms with van der Waals surface area (Å²) in [7, 11) is -7.34. The van der Waals surface area contributed by atoms with E-state index in [9.17, 15) is 16.8 Å². The molecule has 0 radical (unpaired) electrons. The summed E-state index contributed by atoms with van der Waals surface area (Å²) in [5.74, 6) is 0. The van der Waals surface area contributed by atoms with Crippen molar-refractivity contribution < 1.29 is 16.8 Å². The highest BCUT2D eigenvalue weighted by Gasteiger charge is 2.29. The standard InChI is InChI=1S/C8H9NO4S3/c1-5-6-3-2-4-15(10,11)8(6)14-7(5)16(9,12)13/h2,4H,3H2,1H3,(H2,9,12,13). The molecule has 0 bridgehead atoms. The Labute approximate surface area is 97.6 Å². The average Bonchev–Trinajstić information content (AvgIpc) is 2.44. The van der Waals surface area contributed by atoms with Crippen LogP contribution in [0.4, 0.5) is 0 Å². The van der Waals surface area contributed by atoms with E-state index in [0.717, 1.165) is 16.7 Å². The molecule has 0 fully saturated rings. The molecule has 2 rings (SSSR count). The van der Waals surface area contributed by atoms with Crippen LogP contribution in [-0.4, -0.2) is 16.8 Å². The van der Waals surface area contributed by atoms with Crippen LogP contribution >= 0.6 is 11.3 Å². The zero-order valence-electron chi connectivity index (χ0n) is 8.30. The highest BCUT2D eigenvalue weighted by atomic mass is 32.3. The first-order valence-corrected chi connectivity index (χ1v) is 8.21. The summed E-state index contributed by atoms with van der Waals surface area (Å²) in [5, 5.41) is 6.12. The van der Waals surface area contributed by atoms with E-state index in [-0.39, 0.29) is 8.42 Å². The van der Waals surface area contributed by atoms with E-state index in [0.29, 0.717) is 17.5 Å². The third-order valence-corrected chi connectivity index (χ3v) is 7.26. The number of nitrogens with two attached hydrogens (primary N) is 1. The van der Waals surface area contributed by atoms with Crippen molar-refractivity contribution >= 4 is 31.2 Å². The lowest BCUT2D eigenvalue weighted by molar-refractivity contribution is 0.598. The van der Waals surface area contributed by atoms with Gasteiger partial charge in [0.2, 0.25) is 19.9 Å². The van der Waals surface area contributed by atoms with Gasteiger partial charge in [0.15, 0.2) is 0 Å². The minimum atomic E-state index is -3.85. The topological polar surface area (TPSA) is 94.3 Å². The number of rotatable bonds is 1. The Balaban J connectivity index is 2.82. The van der Waals surface area contributed by atoms with Crippen LogP contribution in [-0.2, 0) is 26.3 Å². The van der Waals surface area contributed by atoms with E-state index in [1.54, 1.807) is 6.92 Å². The van der Waals surface area contributed by atoms with Gasteiger partial charge in [-0.15, -0.1) is 11.3 Å². The molecule has 0 spiro atoms. The number of hydrogen-bond donors (Lipinski definition) is 1. The van der Waals surface area contributed by atoms with Gasteiger partial charge in [-0.05, 0) is 24.5 Å². The Morgan fingerprint density at radius 2 is 2.06 bits per heavy atom. The lowest BCUT2D eigenvalue weighted by Crippen LogP contribution is -2.11. The molecular weight excluding hydrogens is 270 g/mol. The lowest BCUT2D eigenvalue weighted by atomic mass is 10.1. The molecule has 8 heteroatoms. The summed E-state index contributed by atoms with van der Waals surface area (Å²) in [6, 6.07) is 0. The molecule has 5 nitrogen and oxygen atoms in total. The molecule has 0 saturated heterocycles. The molecule has 1 aromatic rings. The second-order valence-electron chi connectivity index (χ2n) is 3.45. The Morgan fingerprint density at radius 3 is 2.56 bits per heavy atom. The molecule has 16 heavy (non-hydrogen) atoms. The predicted octanol–water partition coefficient (Wildman–Crippen LogP) is 0.547. The smallest absolute Gasteiger partial charge is 0.224 e. The van der Waals surface area contributed by atoms with Gasteiger partial charge in [0.25, 0.3) is 0 Å². The number of sulfone groups is 1. The summed E-state index contributed by atoms with van der Waals surface area (Å²) in [4.78, 5) is 0. The molecule has 0 aliphatic carbocycles. The van der Waals surface area contributed by atoms with Crippen molar-refractivity contribution in [1.29, 1.82) is 0 Å². The molecule has 1 aliphatic rings. The fourth-order valence-corrected chi connectivity index (χ4v) is 5.75. The number of allylic oxidation sites excluding steroid dienone is 1. The van der Waals surface area contributed by atoms with Crippen LogP contribution < -0.4 is 5.14 Å². The SMILES string of the molecule is Cc1c(S(N)(=O)=O)sc2c1CC=CS2(=O)=O. The number of hydrogen-bond acceptors (Lipinski definition) is 5. The average molecular weight is 279 g/mol. The second kappa shape index (κ2) is 3.39. The normalized spacial score (nSPS) is 18.4. The number of primary sulfonamides is 1. The first kappa shape index (κ1) is 11.8. The lowest BCUT2D eigenvalue weighted by Gasteiger charge is -2.05. The van der Waals surface area contributed by atoms with Crippen LogP contribution in [0.2, 0.25) is 0 Å². The summed E-state index contributed by atoms with van der Waals surface area (Å²) in [5.41, 5.74) is 0.979. The van der Waals surface area contributed by atoms with Crippen molar-refractivity contribution in [3.8, 4) is 0 Å². The van der Waals surface area contributed by atoms with Gasteiger partial charge >= 0.3 is 0 Å². The predicted molar refractivity (Wildman–Crippen MR) is 60.5 cm³/mol. The summed E-state index contributed by atoms with van der Waals surface area (Å²) in [6.45, 7) is 1.57. The van der Waals surface area contributed by atoms with Crippen LogP contribution in [0, 0.1) is 6.92 Å². The summed E-state index contributed by atoms with van der Waals surface area (Å²) in [6.07, 6.45) is 1.93. The van der Waals surface area contributed by atoms with Gasteiger partial charge in [0.1, 0.15) is 8.42 Å². The van der Waals surface area contributed by atoms with E-state index >= 15 is 0 Å². The molecule has 0 amide bonds. The van der Waals surface area contributed by atoms with Crippen molar-refractivity contribution in [2.24, 2.45) is 5.14 Å². The van der Waals surface area contributed by atoms with E-state index in [1.165, 1.54) is 6.08 Å². The summed E-state index contributed by atoms with van der Waals surface area (Å²) >= 11 is 0.724. The molecule has 0 unspecified atom stereocenters. The maximum absolute atomic E-state index is 11.7. The molecular formula is C8H9NO4S3. The van der Waals surface area contributed by atoms with Crippen molar-refractivity contribution in [3.63, 3.8) is 0 Å². The molecule has 2 heterocycles. The largest absolute Gasteiger partial charge is 0.247 e. The van der Waals surface area contributed by atoms with E-state index in [4.69, 9.17) is 5.14 Å². The first-order valence-electron chi connectivity index (χ1n) is 4.30. The van der Waals surface area contributed by atoms with Crippen LogP contribution in [0.1, 0.15) is 11.1 Å². The maximum Gasteiger partial charge on any atom is 0.247 e. The van der Waals surface area contributed by atoms with E-state index < -0.39 is 19.9 Å². The van der Waals surface area contributed by atoms with Gasteiger partial charge in [0, 0.05) is 5.41 Å². The van der Waals surface area contributed by atoms with Crippen molar-refractivity contribution in [2.45, 2.75) is 21.8 Å². The summed E-state index contributed by atoms with van der Waals surface area (Å²) < 4.78 is 45.8. The number of sulfonamides is 1. The van der Waals surface area contributed by atoms with Gasteiger partial charge in [-0.1, -0.05) is 6.08 Å². The minimum Gasteiger partial charge on any atom is -0.224 e. The quantitative estimate of drug-likeness (QED) is 0.812. The van der Waals surface area contributed by atoms with Crippen LogP contribution in [0.5, 0.6) is 0 Å². The van der Waals surface area contributed by atoms with Crippen molar-refractivity contribution in [1.82, 2.24) is 0 Å². The zero-order valence-corrected chi connectivity index (χ0v) is 10.7. The molecule has 1 aromatic heterocycles. The highest BCUT2D eigenvalue weighted by molar-refractivity contribution is 7.97. The van der Waals surface area contributed by atoms with Crippen LogP contribution in [0.25, 0.3) is 0 Å². The van der Waals surface area contributed by atoms with Crippen LogP contribution in [0.3, 0.4) is 0 Å². The Kier molecular flexibility index (Phi) is 2.50. The molecule has 0 saturated carbocycles. The molecule has 0 aromatic carbocycles. The first-order chi connectivity index (χ1) is 7.23. The maximum atomic E-state index is 11.7. The van der Waals surface area contributed by atoms with Gasteiger partial charge in [-0.2, -0.15) is 0 Å². The van der Waals surface area contributed by atoms with E-state index in [1.807, 2.05) is 0 Å². The Hall–Kier alpha value is -0.700. The van der Waals surface area contributed by atoms with Crippen LogP contribution in [0.15, 0.2) is 19.9 Å².